The third kappa shape index (κ3) is 4.57. The van der Waals surface area contributed by atoms with Crippen molar-refractivity contribution in [3.05, 3.63) is 18.0 Å². The highest BCUT2D eigenvalue weighted by atomic mass is 15.1. The molecule has 0 radical (unpaired) electrons. The molecule has 0 saturated carbocycles. The Bertz CT molecular complexity index is 294. The van der Waals surface area contributed by atoms with Gasteiger partial charge >= 0.3 is 0 Å². The maximum Gasteiger partial charge on any atom is 0.222 e. The largest absolute Gasteiger partial charge is 0.354 e. The number of aromatic nitrogens is 2. The molecule has 1 heterocycles. The maximum absolute atomic E-state index is 5.53. The number of rotatable bonds is 6. The van der Waals surface area contributed by atoms with Gasteiger partial charge in [-0.2, -0.15) is 0 Å². The number of hydrogen-bond acceptors (Lipinski definition) is 4. The molecule has 4 heteroatoms. The summed E-state index contributed by atoms with van der Waals surface area (Å²) in [6.07, 6.45) is 4.81. The Hall–Kier alpha value is -1.16. The maximum atomic E-state index is 5.53. The Morgan fingerprint density at radius 2 is 1.88 bits per heavy atom. The van der Waals surface area contributed by atoms with E-state index in [1.54, 1.807) is 0 Å². The van der Waals surface area contributed by atoms with Crippen LogP contribution in [0.3, 0.4) is 0 Å². The number of hydrogen-bond donors (Lipinski definition) is 2. The van der Waals surface area contributed by atoms with Crippen LogP contribution in [-0.4, -0.2) is 23.1 Å². The topological polar surface area (TPSA) is 63.8 Å². The molecule has 1 atom stereocenters. The van der Waals surface area contributed by atoms with Gasteiger partial charge in [-0.1, -0.05) is 20.8 Å². The van der Waals surface area contributed by atoms with Crippen LogP contribution in [0.4, 0.5) is 5.95 Å². The first-order valence-corrected chi connectivity index (χ1v) is 5.86. The average molecular weight is 222 g/mol. The van der Waals surface area contributed by atoms with E-state index in [2.05, 4.69) is 36.1 Å². The lowest BCUT2D eigenvalue weighted by Gasteiger charge is -2.10. The van der Waals surface area contributed by atoms with Crippen molar-refractivity contribution >= 4 is 5.95 Å². The SMILES string of the molecule is CC(C)Cc1cnc(NCC(C)CN)nc1. The van der Waals surface area contributed by atoms with Crippen LogP contribution in [-0.2, 0) is 6.42 Å². The quantitative estimate of drug-likeness (QED) is 0.768. The summed E-state index contributed by atoms with van der Waals surface area (Å²) in [4.78, 5) is 8.55. The van der Waals surface area contributed by atoms with Crippen molar-refractivity contribution in [3.63, 3.8) is 0 Å². The fraction of sp³-hybridized carbons (Fsp3) is 0.667. The van der Waals surface area contributed by atoms with Crippen LogP contribution < -0.4 is 11.1 Å². The summed E-state index contributed by atoms with van der Waals surface area (Å²) in [5, 5.41) is 3.17. The van der Waals surface area contributed by atoms with E-state index in [-0.39, 0.29) is 0 Å². The van der Waals surface area contributed by atoms with E-state index in [1.165, 1.54) is 5.56 Å². The summed E-state index contributed by atoms with van der Waals surface area (Å²) in [7, 11) is 0. The van der Waals surface area contributed by atoms with Gasteiger partial charge in [0, 0.05) is 18.9 Å². The smallest absolute Gasteiger partial charge is 0.222 e. The molecule has 1 aromatic rings. The Morgan fingerprint density at radius 3 is 2.38 bits per heavy atom. The minimum atomic E-state index is 0.443. The van der Waals surface area contributed by atoms with E-state index < -0.39 is 0 Å². The number of nitrogens with zero attached hydrogens (tertiary/aromatic N) is 2. The highest BCUT2D eigenvalue weighted by Crippen LogP contribution is 2.07. The van der Waals surface area contributed by atoms with E-state index in [1.807, 2.05) is 12.4 Å². The van der Waals surface area contributed by atoms with Gasteiger partial charge in [-0.25, -0.2) is 9.97 Å². The first-order chi connectivity index (χ1) is 7.61. The van der Waals surface area contributed by atoms with Crippen LogP contribution in [0.15, 0.2) is 12.4 Å². The van der Waals surface area contributed by atoms with Crippen molar-refractivity contribution in [1.29, 1.82) is 0 Å². The Morgan fingerprint density at radius 1 is 1.25 bits per heavy atom. The zero-order valence-corrected chi connectivity index (χ0v) is 10.4. The molecule has 1 rings (SSSR count). The number of nitrogens with one attached hydrogen (secondary N) is 1. The summed E-state index contributed by atoms with van der Waals surface area (Å²) in [5.74, 6) is 1.77. The minimum Gasteiger partial charge on any atom is -0.354 e. The second-order valence-corrected chi connectivity index (χ2v) is 4.73. The van der Waals surface area contributed by atoms with Crippen LogP contribution in [0.25, 0.3) is 0 Å². The minimum absolute atomic E-state index is 0.443. The molecular weight excluding hydrogens is 200 g/mol. The third-order valence-corrected chi connectivity index (χ3v) is 2.36. The lowest BCUT2D eigenvalue weighted by molar-refractivity contribution is 0.624. The first-order valence-electron chi connectivity index (χ1n) is 5.86. The summed E-state index contributed by atoms with van der Waals surface area (Å²) in [5.41, 5.74) is 6.72. The van der Waals surface area contributed by atoms with E-state index in [0.717, 1.165) is 13.0 Å². The highest BCUT2D eigenvalue weighted by molar-refractivity contribution is 5.24. The van der Waals surface area contributed by atoms with E-state index in [0.29, 0.717) is 24.3 Å². The molecule has 3 N–H and O–H groups in total. The van der Waals surface area contributed by atoms with Gasteiger partial charge in [0.05, 0.1) is 0 Å². The van der Waals surface area contributed by atoms with E-state index >= 15 is 0 Å². The van der Waals surface area contributed by atoms with E-state index in [9.17, 15) is 0 Å². The molecule has 0 amide bonds. The Kier molecular flexibility index (Phi) is 5.19. The second kappa shape index (κ2) is 6.43. The molecule has 0 saturated heterocycles. The summed E-state index contributed by atoms with van der Waals surface area (Å²) < 4.78 is 0. The Labute approximate surface area is 97.7 Å². The molecule has 90 valence electrons. The van der Waals surface area contributed by atoms with Gasteiger partial charge in [0.2, 0.25) is 5.95 Å². The summed E-state index contributed by atoms with van der Waals surface area (Å²) in [6, 6.07) is 0. The van der Waals surface area contributed by atoms with Gasteiger partial charge in [-0.05, 0) is 30.4 Å². The Balaban J connectivity index is 2.45. The van der Waals surface area contributed by atoms with Gasteiger partial charge in [-0.3, -0.25) is 0 Å². The van der Waals surface area contributed by atoms with Crippen molar-refractivity contribution in [2.24, 2.45) is 17.6 Å². The second-order valence-electron chi connectivity index (χ2n) is 4.73. The predicted octanol–water partition coefficient (Wildman–Crippen LogP) is 1.68. The predicted molar refractivity (Wildman–Crippen MR) is 67.3 cm³/mol. The van der Waals surface area contributed by atoms with Crippen molar-refractivity contribution in [2.45, 2.75) is 27.2 Å². The van der Waals surface area contributed by atoms with Crippen LogP contribution in [0, 0.1) is 11.8 Å². The number of anilines is 1. The van der Waals surface area contributed by atoms with Crippen LogP contribution in [0.5, 0.6) is 0 Å². The molecule has 0 aliphatic carbocycles. The zero-order chi connectivity index (χ0) is 12.0. The van der Waals surface area contributed by atoms with Crippen LogP contribution in [0.1, 0.15) is 26.3 Å². The molecule has 0 bridgehead atoms. The molecule has 1 aromatic heterocycles. The normalized spacial score (nSPS) is 12.8. The zero-order valence-electron chi connectivity index (χ0n) is 10.4. The fourth-order valence-electron chi connectivity index (χ4n) is 1.37. The third-order valence-electron chi connectivity index (χ3n) is 2.36. The lowest BCUT2D eigenvalue weighted by Crippen LogP contribution is -2.20. The van der Waals surface area contributed by atoms with Gasteiger partial charge in [0.15, 0.2) is 0 Å². The van der Waals surface area contributed by atoms with Crippen LogP contribution in [0.2, 0.25) is 0 Å². The van der Waals surface area contributed by atoms with Gasteiger partial charge in [-0.15, -0.1) is 0 Å². The monoisotopic (exact) mass is 222 g/mol. The standard InChI is InChI=1S/C12H22N4/c1-9(2)4-11-7-15-12(16-8-11)14-6-10(3)5-13/h7-10H,4-6,13H2,1-3H3,(H,14,15,16). The number of nitrogens with two attached hydrogens (primary N) is 1. The molecule has 0 aliphatic heterocycles. The van der Waals surface area contributed by atoms with Crippen molar-refractivity contribution in [2.75, 3.05) is 18.4 Å². The molecule has 0 fully saturated rings. The molecule has 16 heavy (non-hydrogen) atoms. The van der Waals surface area contributed by atoms with Crippen molar-refractivity contribution in [3.8, 4) is 0 Å². The molecule has 0 spiro atoms. The fourth-order valence-corrected chi connectivity index (χ4v) is 1.37. The molecule has 4 nitrogen and oxygen atoms in total. The summed E-state index contributed by atoms with van der Waals surface area (Å²) in [6.45, 7) is 7.97. The lowest BCUT2D eigenvalue weighted by atomic mass is 10.1. The van der Waals surface area contributed by atoms with Gasteiger partial charge in [0.1, 0.15) is 0 Å². The first kappa shape index (κ1) is 12.9. The van der Waals surface area contributed by atoms with Gasteiger partial charge in [0.25, 0.3) is 0 Å². The average Bonchev–Trinajstić information content (AvgIpc) is 2.27. The molecule has 0 aliphatic rings. The molecule has 1 unspecified atom stereocenters. The van der Waals surface area contributed by atoms with Gasteiger partial charge < -0.3 is 11.1 Å². The molecule has 0 aromatic carbocycles. The van der Waals surface area contributed by atoms with Crippen molar-refractivity contribution < 1.29 is 0 Å². The van der Waals surface area contributed by atoms with E-state index in [4.69, 9.17) is 5.73 Å². The summed E-state index contributed by atoms with van der Waals surface area (Å²) >= 11 is 0. The highest BCUT2D eigenvalue weighted by Gasteiger charge is 2.02. The van der Waals surface area contributed by atoms with Crippen molar-refractivity contribution in [1.82, 2.24) is 9.97 Å². The van der Waals surface area contributed by atoms with Crippen LogP contribution >= 0.6 is 0 Å². The molecular formula is C12H22N4.